The van der Waals surface area contributed by atoms with Gasteiger partial charge in [0.1, 0.15) is 5.60 Å². The summed E-state index contributed by atoms with van der Waals surface area (Å²) < 4.78 is 42.3. The fourth-order valence-corrected chi connectivity index (χ4v) is 2.50. The molecule has 2 fully saturated rings. The maximum Gasteiger partial charge on any atom is 0.391 e. The van der Waals surface area contributed by atoms with Crippen LogP contribution < -0.4 is 0 Å². The molecule has 0 N–H and O–H groups in total. The van der Waals surface area contributed by atoms with Gasteiger partial charge >= 0.3 is 12.1 Å². The summed E-state index contributed by atoms with van der Waals surface area (Å²) in [6.07, 6.45) is -2.23. The minimum Gasteiger partial charge on any atom is -0.459 e. The Morgan fingerprint density at radius 3 is 2.20 bits per heavy atom. The molecule has 15 heavy (non-hydrogen) atoms. The molecule has 1 spiro atoms. The Labute approximate surface area is 85.8 Å². The Morgan fingerprint density at radius 1 is 1.20 bits per heavy atom. The summed E-state index contributed by atoms with van der Waals surface area (Å²) in [5.74, 6) is -1.47. The second kappa shape index (κ2) is 3.39. The van der Waals surface area contributed by atoms with E-state index in [0.29, 0.717) is 25.7 Å². The van der Waals surface area contributed by atoms with Crippen molar-refractivity contribution >= 4 is 5.97 Å². The van der Waals surface area contributed by atoms with E-state index in [4.69, 9.17) is 4.74 Å². The van der Waals surface area contributed by atoms with Gasteiger partial charge < -0.3 is 4.74 Å². The molecular weight excluding hydrogens is 209 g/mol. The molecule has 2 nitrogen and oxygen atoms in total. The van der Waals surface area contributed by atoms with E-state index >= 15 is 0 Å². The van der Waals surface area contributed by atoms with Gasteiger partial charge in [0.25, 0.3) is 0 Å². The molecule has 0 aromatic heterocycles. The number of alkyl halides is 3. The third-order valence-electron chi connectivity index (χ3n) is 3.47. The number of ether oxygens (including phenoxy) is 1. The predicted molar refractivity (Wildman–Crippen MR) is 46.1 cm³/mol. The zero-order valence-electron chi connectivity index (χ0n) is 8.27. The van der Waals surface area contributed by atoms with Crippen LogP contribution >= 0.6 is 0 Å². The fraction of sp³-hybridized carbons (Fsp3) is 0.900. The zero-order chi connectivity index (χ0) is 11.1. The Kier molecular flexibility index (Phi) is 2.43. The van der Waals surface area contributed by atoms with Crippen molar-refractivity contribution in [3.8, 4) is 0 Å². The maximum atomic E-state index is 12.4. The van der Waals surface area contributed by atoms with Crippen molar-refractivity contribution in [2.24, 2.45) is 5.92 Å². The number of rotatable bonds is 0. The summed E-state index contributed by atoms with van der Waals surface area (Å²) in [5.41, 5.74) is -0.557. The topological polar surface area (TPSA) is 26.3 Å². The lowest BCUT2D eigenvalue weighted by Gasteiger charge is -2.36. The first-order chi connectivity index (χ1) is 6.91. The Hall–Kier alpha value is -0.740. The number of carbonyl (C=O) groups is 1. The van der Waals surface area contributed by atoms with Crippen LogP contribution in [0.5, 0.6) is 0 Å². The smallest absolute Gasteiger partial charge is 0.391 e. The van der Waals surface area contributed by atoms with Crippen LogP contribution in [0, 0.1) is 5.92 Å². The molecular formula is C10H13F3O2. The van der Waals surface area contributed by atoms with Crippen LogP contribution in [-0.4, -0.2) is 17.7 Å². The van der Waals surface area contributed by atoms with Crippen LogP contribution in [0.25, 0.3) is 0 Å². The Bertz CT molecular complexity index is 264. The molecule has 2 rings (SSSR count). The van der Waals surface area contributed by atoms with Gasteiger partial charge in [-0.15, -0.1) is 0 Å². The first-order valence-corrected chi connectivity index (χ1v) is 5.20. The van der Waals surface area contributed by atoms with E-state index in [0.717, 1.165) is 0 Å². The van der Waals surface area contributed by atoms with Crippen molar-refractivity contribution < 1.29 is 22.7 Å². The molecule has 0 amide bonds. The molecule has 1 aliphatic heterocycles. The SMILES string of the molecule is O=C1CCC2(CCC(C(F)(F)F)CC2)O1. The van der Waals surface area contributed by atoms with Gasteiger partial charge in [-0.3, -0.25) is 4.79 Å². The summed E-state index contributed by atoms with van der Waals surface area (Å²) >= 11 is 0. The standard InChI is InChI=1S/C10H13F3O2/c11-10(12,13)7-1-4-9(5-2-7)6-3-8(14)15-9/h7H,1-6H2. The minimum atomic E-state index is -4.09. The van der Waals surface area contributed by atoms with Gasteiger partial charge in [0, 0.05) is 6.42 Å². The molecule has 0 aromatic rings. The highest BCUT2D eigenvalue weighted by Crippen LogP contribution is 2.46. The fourth-order valence-electron chi connectivity index (χ4n) is 2.50. The van der Waals surface area contributed by atoms with Crippen LogP contribution in [0.4, 0.5) is 13.2 Å². The highest BCUT2D eigenvalue weighted by atomic mass is 19.4. The van der Waals surface area contributed by atoms with Gasteiger partial charge in [0.05, 0.1) is 5.92 Å². The molecule has 0 atom stereocenters. The number of hydrogen-bond acceptors (Lipinski definition) is 2. The van der Waals surface area contributed by atoms with Crippen molar-refractivity contribution in [2.45, 2.75) is 50.3 Å². The van der Waals surface area contributed by atoms with Crippen LogP contribution in [-0.2, 0) is 9.53 Å². The lowest BCUT2D eigenvalue weighted by molar-refractivity contribution is -0.194. The molecule has 1 heterocycles. The molecule has 86 valence electrons. The van der Waals surface area contributed by atoms with Gasteiger partial charge in [-0.2, -0.15) is 13.2 Å². The first kappa shape index (κ1) is 10.8. The monoisotopic (exact) mass is 222 g/mol. The zero-order valence-corrected chi connectivity index (χ0v) is 8.27. The molecule has 5 heteroatoms. The number of hydrogen-bond donors (Lipinski definition) is 0. The third kappa shape index (κ3) is 2.11. The van der Waals surface area contributed by atoms with Crippen LogP contribution in [0.2, 0.25) is 0 Å². The molecule has 0 unspecified atom stereocenters. The normalized spacial score (nSPS) is 37.0. The minimum absolute atomic E-state index is 0.0940. The van der Waals surface area contributed by atoms with Gasteiger partial charge in [0.2, 0.25) is 0 Å². The maximum absolute atomic E-state index is 12.4. The van der Waals surface area contributed by atoms with E-state index in [-0.39, 0.29) is 18.8 Å². The van der Waals surface area contributed by atoms with E-state index in [2.05, 4.69) is 0 Å². The second-order valence-electron chi connectivity index (χ2n) is 4.47. The summed E-state index contributed by atoms with van der Waals surface area (Å²) in [6.45, 7) is 0. The Balaban J connectivity index is 1.95. The largest absolute Gasteiger partial charge is 0.459 e. The third-order valence-corrected chi connectivity index (χ3v) is 3.47. The average Bonchev–Trinajstić information content (AvgIpc) is 2.47. The quantitative estimate of drug-likeness (QED) is 0.589. The van der Waals surface area contributed by atoms with Crippen LogP contribution in [0.15, 0.2) is 0 Å². The lowest BCUT2D eigenvalue weighted by Crippen LogP contribution is -2.38. The van der Waals surface area contributed by atoms with Crippen LogP contribution in [0.1, 0.15) is 38.5 Å². The number of carbonyl (C=O) groups excluding carboxylic acids is 1. The number of halogens is 3. The summed E-state index contributed by atoms with van der Waals surface area (Å²) in [4.78, 5) is 11.0. The molecule has 0 bridgehead atoms. The van der Waals surface area contributed by atoms with Gasteiger partial charge in [0.15, 0.2) is 0 Å². The molecule has 2 aliphatic rings. The van der Waals surface area contributed by atoms with E-state index in [1.807, 2.05) is 0 Å². The summed E-state index contributed by atoms with van der Waals surface area (Å²) in [6, 6.07) is 0. The predicted octanol–water partition coefficient (Wildman–Crippen LogP) is 2.81. The molecule has 1 saturated carbocycles. The Morgan fingerprint density at radius 2 is 1.80 bits per heavy atom. The highest BCUT2D eigenvalue weighted by molar-refractivity contribution is 5.72. The van der Waals surface area contributed by atoms with E-state index in [1.54, 1.807) is 0 Å². The first-order valence-electron chi connectivity index (χ1n) is 5.20. The van der Waals surface area contributed by atoms with Gasteiger partial charge in [-0.1, -0.05) is 0 Å². The van der Waals surface area contributed by atoms with E-state index < -0.39 is 17.7 Å². The van der Waals surface area contributed by atoms with Crippen molar-refractivity contribution in [3.05, 3.63) is 0 Å². The summed E-state index contributed by atoms with van der Waals surface area (Å²) in [7, 11) is 0. The lowest BCUT2D eigenvalue weighted by atomic mass is 9.77. The number of esters is 1. The van der Waals surface area contributed by atoms with E-state index in [9.17, 15) is 18.0 Å². The molecule has 1 aliphatic carbocycles. The molecule has 1 saturated heterocycles. The summed E-state index contributed by atoms with van der Waals surface area (Å²) in [5, 5.41) is 0. The van der Waals surface area contributed by atoms with Crippen molar-refractivity contribution in [2.75, 3.05) is 0 Å². The molecule has 0 aromatic carbocycles. The van der Waals surface area contributed by atoms with Crippen molar-refractivity contribution in [3.63, 3.8) is 0 Å². The van der Waals surface area contributed by atoms with Crippen LogP contribution in [0.3, 0.4) is 0 Å². The second-order valence-corrected chi connectivity index (χ2v) is 4.47. The highest BCUT2D eigenvalue weighted by Gasteiger charge is 2.49. The van der Waals surface area contributed by atoms with E-state index in [1.165, 1.54) is 0 Å². The average molecular weight is 222 g/mol. The van der Waals surface area contributed by atoms with Gasteiger partial charge in [-0.05, 0) is 32.1 Å². The van der Waals surface area contributed by atoms with Gasteiger partial charge in [-0.25, -0.2) is 0 Å². The van der Waals surface area contributed by atoms with Crippen molar-refractivity contribution in [1.82, 2.24) is 0 Å². The molecule has 0 radical (unpaired) electrons. The van der Waals surface area contributed by atoms with Crippen molar-refractivity contribution in [1.29, 1.82) is 0 Å².